The van der Waals surface area contributed by atoms with Crippen molar-refractivity contribution >= 4 is 15.5 Å². The first kappa shape index (κ1) is 17.0. The van der Waals surface area contributed by atoms with Crippen LogP contribution < -0.4 is 5.32 Å². The molecule has 0 radical (unpaired) electrons. The van der Waals surface area contributed by atoms with Crippen molar-refractivity contribution in [2.75, 3.05) is 11.6 Å². The smallest absolute Gasteiger partial charge is 0.151 e. The normalized spacial score (nSPS) is 11.4. The molecule has 0 bridgehead atoms. The number of nitrogens with one attached hydrogen (secondary N) is 2. The molecule has 6 nitrogen and oxygen atoms in total. The number of rotatable bonds is 6. The van der Waals surface area contributed by atoms with E-state index in [2.05, 4.69) is 35.4 Å². The zero-order valence-corrected chi connectivity index (χ0v) is 14.2. The average Bonchev–Trinajstić information content (AvgIpc) is 2.93. The van der Waals surface area contributed by atoms with E-state index in [9.17, 15) is 13.7 Å². The Labute approximate surface area is 136 Å². The first-order valence-electron chi connectivity index (χ1n) is 7.27. The summed E-state index contributed by atoms with van der Waals surface area (Å²) in [5, 5.41) is 19.6. The van der Waals surface area contributed by atoms with Crippen LogP contribution >= 0.6 is 0 Å². The van der Waals surface area contributed by atoms with Gasteiger partial charge in [-0.1, -0.05) is 19.9 Å². The number of benzene rings is 1. The molecule has 0 aliphatic carbocycles. The van der Waals surface area contributed by atoms with Gasteiger partial charge in [0, 0.05) is 6.26 Å². The highest BCUT2D eigenvalue weighted by molar-refractivity contribution is 7.89. The Bertz CT molecular complexity index is 832. The predicted octanol–water partition coefficient (Wildman–Crippen LogP) is 2.56. The Morgan fingerprint density at radius 3 is 2.65 bits per heavy atom. The molecule has 1 aromatic heterocycles. The summed E-state index contributed by atoms with van der Waals surface area (Å²) in [5.74, 6) is 0.283. The fraction of sp³-hybridized carbons (Fsp3) is 0.375. The number of nitrogens with zero attached hydrogens (tertiary/aromatic N) is 2. The summed E-state index contributed by atoms with van der Waals surface area (Å²) in [6, 6.07) is 9.15. The maximum atomic E-state index is 11.3. The minimum absolute atomic E-state index is 0.0692. The van der Waals surface area contributed by atoms with Crippen molar-refractivity contribution in [1.82, 2.24) is 10.2 Å². The molecule has 122 valence electrons. The summed E-state index contributed by atoms with van der Waals surface area (Å²) in [4.78, 5) is 0. The fourth-order valence-electron chi connectivity index (χ4n) is 2.19. The number of aromatic amines is 1. The lowest BCUT2D eigenvalue weighted by molar-refractivity contribution is 0.601. The molecule has 2 rings (SSSR count). The predicted molar refractivity (Wildman–Crippen MR) is 89.7 cm³/mol. The van der Waals surface area contributed by atoms with E-state index in [1.807, 2.05) is 6.07 Å². The van der Waals surface area contributed by atoms with E-state index in [-0.39, 0.29) is 5.75 Å². The maximum Gasteiger partial charge on any atom is 0.151 e. The summed E-state index contributed by atoms with van der Waals surface area (Å²) < 4.78 is 22.7. The lowest BCUT2D eigenvalue weighted by Crippen LogP contribution is -2.04. The molecule has 0 saturated carbocycles. The number of hydrogen-bond acceptors (Lipinski definition) is 5. The average molecular weight is 332 g/mol. The van der Waals surface area contributed by atoms with Gasteiger partial charge in [-0.2, -0.15) is 10.4 Å². The first-order valence-corrected chi connectivity index (χ1v) is 9.33. The third kappa shape index (κ3) is 4.83. The van der Waals surface area contributed by atoms with Gasteiger partial charge in [-0.05, 0) is 29.7 Å². The molecule has 23 heavy (non-hydrogen) atoms. The molecule has 0 atom stereocenters. The van der Waals surface area contributed by atoms with Crippen LogP contribution in [0.2, 0.25) is 0 Å². The Morgan fingerprint density at radius 1 is 1.35 bits per heavy atom. The lowest BCUT2D eigenvalue weighted by Gasteiger charge is -2.09. The molecule has 0 spiro atoms. The molecule has 7 heteroatoms. The minimum atomic E-state index is -3.12. The van der Waals surface area contributed by atoms with Gasteiger partial charge in [0.05, 0.1) is 34.9 Å². The summed E-state index contributed by atoms with van der Waals surface area (Å²) >= 11 is 0. The molecular weight excluding hydrogens is 312 g/mol. The second-order valence-corrected chi connectivity index (χ2v) is 8.03. The molecule has 2 aromatic rings. The molecular formula is C16H20N4O2S. The largest absolute Gasteiger partial charge is 0.378 e. The molecule has 2 N–H and O–H groups in total. The first-order chi connectivity index (χ1) is 10.8. The fourth-order valence-corrected chi connectivity index (χ4v) is 2.97. The monoisotopic (exact) mass is 332 g/mol. The molecule has 0 aliphatic heterocycles. The molecule has 0 amide bonds. The molecule has 1 aromatic carbocycles. The third-order valence-corrected chi connectivity index (χ3v) is 4.20. The Balaban J connectivity index is 2.12. The van der Waals surface area contributed by atoms with Gasteiger partial charge < -0.3 is 5.32 Å². The van der Waals surface area contributed by atoms with Crippen LogP contribution in [-0.2, 0) is 22.1 Å². The van der Waals surface area contributed by atoms with Gasteiger partial charge in [-0.15, -0.1) is 0 Å². The standard InChI is InChI=1S/C16H20N4O2S/c1-11(2)16-7-14(19-20-16)9-18-15-5-4-12(6-13(15)8-17)10-23(3,21)22/h4-7,11,18H,9-10H2,1-3H3,(H,19,20). The summed E-state index contributed by atoms with van der Waals surface area (Å²) in [6.45, 7) is 4.66. The van der Waals surface area contributed by atoms with Crippen LogP contribution in [0.25, 0.3) is 0 Å². The highest BCUT2D eigenvalue weighted by atomic mass is 32.2. The quantitative estimate of drug-likeness (QED) is 0.847. The molecule has 0 saturated heterocycles. The molecule has 0 aliphatic rings. The number of nitriles is 1. The van der Waals surface area contributed by atoms with Crippen LogP contribution in [0.4, 0.5) is 5.69 Å². The molecule has 0 unspecified atom stereocenters. The van der Waals surface area contributed by atoms with Gasteiger partial charge in [-0.25, -0.2) is 8.42 Å². The van der Waals surface area contributed by atoms with Crippen molar-refractivity contribution < 1.29 is 8.42 Å². The van der Waals surface area contributed by atoms with Gasteiger partial charge in [0.1, 0.15) is 6.07 Å². The number of anilines is 1. The van der Waals surface area contributed by atoms with Crippen molar-refractivity contribution in [3.63, 3.8) is 0 Å². The van der Waals surface area contributed by atoms with Crippen molar-refractivity contribution in [3.05, 3.63) is 46.8 Å². The zero-order valence-electron chi connectivity index (χ0n) is 13.4. The Morgan fingerprint density at radius 2 is 2.09 bits per heavy atom. The van der Waals surface area contributed by atoms with Gasteiger partial charge in [0.2, 0.25) is 0 Å². The Kier molecular flexibility index (Phi) is 5.06. The van der Waals surface area contributed by atoms with Gasteiger partial charge in [0.15, 0.2) is 9.84 Å². The van der Waals surface area contributed by atoms with Crippen molar-refractivity contribution in [3.8, 4) is 6.07 Å². The van der Waals surface area contributed by atoms with E-state index in [1.165, 1.54) is 6.26 Å². The van der Waals surface area contributed by atoms with E-state index in [1.54, 1.807) is 18.2 Å². The minimum Gasteiger partial charge on any atom is -0.378 e. The maximum absolute atomic E-state index is 11.3. The number of hydrogen-bond donors (Lipinski definition) is 2. The van der Waals surface area contributed by atoms with Crippen LogP contribution in [0.15, 0.2) is 24.3 Å². The van der Waals surface area contributed by atoms with Crippen LogP contribution in [0, 0.1) is 11.3 Å². The second-order valence-electron chi connectivity index (χ2n) is 5.89. The van der Waals surface area contributed by atoms with E-state index in [4.69, 9.17) is 0 Å². The highest BCUT2D eigenvalue weighted by Gasteiger charge is 2.09. The number of aromatic nitrogens is 2. The van der Waals surface area contributed by atoms with E-state index in [0.29, 0.717) is 29.3 Å². The van der Waals surface area contributed by atoms with Crippen LogP contribution in [0.3, 0.4) is 0 Å². The van der Waals surface area contributed by atoms with Gasteiger partial charge in [0.25, 0.3) is 0 Å². The van der Waals surface area contributed by atoms with E-state index < -0.39 is 9.84 Å². The highest BCUT2D eigenvalue weighted by Crippen LogP contribution is 2.19. The second kappa shape index (κ2) is 6.84. The summed E-state index contributed by atoms with van der Waals surface area (Å²) in [5.41, 5.74) is 3.63. The SMILES string of the molecule is CC(C)c1cc(CNc2ccc(CS(C)(=O)=O)cc2C#N)[nH]n1. The van der Waals surface area contributed by atoms with Crippen LogP contribution in [0.1, 0.15) is 42.3 Å². The zero-order chi connectivity index (χ0) is 17.0. The van der Waals surface area contributed by atoms with E-state index >= 15 is 0 Å². The van der Waals surface area contributed by atoms with Crippen LogP contribution in [0.5, 0.6) is 0 Å². The Hall–Kier alpha value is -2.33. The topological polar surface area (TPSA) is 98.6 Å². The lowest BCUT2D eigenvalue weighted by atomic mass is 10.1. The molecule has 1 heterocycles. The van der Waals surface area contributed by atoms with E-state index in [0.717, 1.165) is 11.4 Å². The van der Waals surface area contributed by atoms with Gasteiger partial charge in [-0.3, -0.25) is 5.10 Å². The van der Waals surface area contributed by atoms with Crippen molar-refractivity contribution in [2.45, 2.75) is 32.1 Å². The summed E-state index contributed by atoms with van der Waals surface area (Å²) in [7, 11) is -3.12. The van der Waals surface area contributed by atoms with Crippen LogP contribution in [-0.4, -0.2) is 24.9 Å². The number of H-pyrrole nitrogens is 1. The van der Waals surface area contributed by atoms with Gasteiger partial charge >= 0.3 is 0 Å². The molecule has 0 fully saturated rings. The third-order valence-electron chi connectivity index (χ3n) is 3.34. The van der Waals surface area contributed by atoms with Crippen molar-refractivity contribution in [1.29, 1.82) is 5.26 Å². The van der Waals surface area contributed by atoms with Crippen molar-refractivity contribution in [2.24, 2.45) is 0 Å². The number of sulfone groups is 1. The summed E-state index contributed by atoms with van der Waals surface area (Å²) in [6.07, 6.45) is 1.18.